The number of rotatable bonds is 4. The summed E-state index contributed by atoms with van der Waals surface area (Å²) < 4.78 is 0. The Morgan fingerprint density at radius 3 is 2.61 bits per heavy atom. The second-order valence-corrected chi connectivity index (χ2v) is 7.34. The van der Waals surface area contributed by atoms with Crippen LogP contribution in [-0.4, -0.2) is 63.4 Å². The monoisotopic (exact) mass is 383 g/mol. The SMILES string of the molecule is CC(C)(O)C(=O)N1CCCN(c2cccc(C(=O)c3cccnc3N)n2)CC1. The van der Waals surface area contributed by atoms with E-state index in [1.165, 1.54) is 20.0 Å². The number of pyridine rings is 2. The molecule has 1 amide bonds. The molecule has 0 aliphatic carbocycles. The zero-order valence-electron chi connectivity index (χ0n) is 16.1. The van der Waals surface area contributed by atoms with E-state index in [1.807, 2.05) is 11.0 Å². The summed E-state index contributed by atoms with van der Waals surface area (Å²) in [5.74, 6) is 0.292. The van der Waals surface area contributed by atoms with Crippen molar-refractivity contribution in [1.29, 1.82) is 0 Å². The molecule has 0 unspecified atom stereocenters. The molecule has 1 fully saturated rings. The maximum Gasteiger partial charge on any atom is 0.254 e. The minimum absolute atomic E-state index is 0.176. The molecule has 28 heavy (non-hydrogen) atoms. The van der Waals surface area contributed by atoms with Crippen molar-refractivity contribution in [2.24, 2.45) is 0 Å². The Morgan fingerprint density at radius 2 is 1.89 bits per heavy atom. The Bertz CT molecular complexity index is 878. The molecule has 3 heterocycles. The van der Waals surface area contributed by atoms with E-state index in [0.717, 1.165) is 6.42 Å². The van der Waals surface area contributed by atoms with Gasteiger partial charge in [0.2, 0.25) is 5.78 Å². The van der Waals surface area contributed by atoms with Crippen molar-refractivity contribution in [1.82, 2.24) is 14.9 Å². The molecule has 0 aromatic carbocycles. The predicted molar refractivity (Wildman–Crippen MR) is 106 cm³/mol. The fourth-order valence-electron chi connectivity index (χ4n) is 3.21. The molecule has 2 aromatic heterocycles. The number of aliphatic hydroxyl groups is 1. The molecular weight excluding hydrogens is 358 g/mol. The van der Waals surface area contributed by atoms with Crippen LogP contribution < -0.4 is 10.6 Å². The van der Waals surface area contributed by atoms with Crippen molar-refractivity contribution >= 4 is 23.3 Å². The lowest BCUT2D eigenvalue weighted by Gasteiger charge is -2.27. The molecule has 8 heteroatoms. The van der Waals surface area contributed by atoms with Gasteiger partial charge in [-0.1, -0.05) is 6.07 Å². The van der Waals surface area contributed by atoms with Crippen LogP contribution in [0, 0.1) is 0 Å². The highest BCUT2D eigenvalue weighted by atomic mass is 16.3. The van der Waals surface area contributed by atoms with Crippen LogP contribution in [0.2, 0.25) is 0 Å². The Morgan fingerprint density at radius 1 is 1.11 bits per heavy atom. The van der Waals surface area contributed by atoms with Gasteiger partial charge in [-0.25, -0.2) is 9.97 Å². The molecule has 0 atom stereocenters. The van der Waals surface area contributed by atoms with E-state index < -0.39 is 5.60 Å². The number of nitrogens with zero attached hydrogens (tertiary/aromatic N) is 4. The van der Waals surface area contributed by atoms with Gasteiger partial charge in [-0.05, 0) is 44.5 Å². The molecule has 0 spiro atoms. The van der Waals surface area contributed by atoms with Crippen LogP contribution in [0.15, 0.2) is 36.5 Å². The summed E-state index contributed by atoms with van der Waals surface area (Å²) in [6, 6.07) is 8.57. The first-order chi connectivity index (χ1) is 13.3. The normalized spacial score (nSPS) is 15.2. The van der Waals surface area contributed by atoms with E-state index in [1.54, 1.807) is 29.2 Å². The topological polar surface area (TPSA) is 113 Å². The highest BCUT2D eigenvalue weighted by Crippen LogP contribution is 2.19. The molecule has 0 bridgehead atoms. The Balaban J connectivity index is 1.76. The van der Waals surface area contributed by atoms with Gasteiger partial charge in [0.25, 0.3) is 5.91 Å². The number of hydrogen-bond donors (Lipinski definition) is 2. The van der Waals surface area contributed by atoms with Crippen molar-refractivity contribution in [2.75, 3.05) is 36.8 Å². The third-order valence-corrected chi connectivity index (χ3v) is 4.68. The van der Waals surface area contributed by atoms with Crippen LogP contribution in [0.1, 0.15) is 36.3 Å². The van der Waals surface area contributed by atoms with E-state index in [-0.39, 0.29) is 17.5 Å². The predicted octanol–water partition coefficient (Wildman–Crippen LogP) is 1.10. The highest BCUT2D eigenvalue weighted by molar-refractivity contribution is 6.10. The average Bonchev–Trinajstić information content (AvgIpc) is 2.93. The zero-order chi connectivity index (χ0) is 20.3. The quantitative estimate of drug-likeness (QED) is 0.760. The second kappa shape index (κ2) is 7.93. The summed E-state index contributed by atoms with van der Waals surface area (Å²) in [6.45, 7) is 5.33. The molecule has 2 aromatic rings. The summed E-state index contributed by atoms with van der Waals surface area (Å²) in [4.78, 5) is 37.3. The van der Waals surface area contributed by atoms with E-state index in [2.05, 4.69) is 9.97 Å². The lowest BCUT2D eigenvalue weighted by molar-refractivity contribution is -0.147. The van der Waals surface area contributed by atoms with Gasteiger partial charge in [0.1, 0.15) is 22.9 Å². The highest BCUT2D eigenvalue weighted by Gasteiger charge is 2.30. The lowest BCUT2D eigenvalue weighted by atomic mass is 10.1. The Labute approximate surface area is 164 Å². The number of ketones is 1. The third kappa shape index (κ3) is 4.28. The van der Waals surface area contributed by atoms with E-state index >= 15 is 0 Å². The largest absolute Gasteiger partial charge is 0.383 e. The minimum Gasteiger partial charge on any atom is -0.383 e. The number of anilines is 2. The number of aromatic nitrogens is 2. The number of hydrogen-bond acceptors (Lipinski definition) is 7. The standard InChI is InChI=1S/C20H25N5O3/c1-20(2,28)19(27)25-11-5-10-24(12-13-25)16-8-3-7-15(23-16)17(26)14-6-4-9-22-18(14)21/h3-4,6-9,28H,5,10-13H2,1-2H3,(H2,21,22). The van der Waals surface area contributed by atoms with Gasteiger partial charge in [-0.2, -0.15) is 0 Å². The number of carbonyl (C=O) groups is 2. The Kier molecular flexibility index (Phi) is 5.60. The van der Waals surface area contributed by atoms with Gasteiger partial charge in [-0.3, -0.25) is 9.59 Å². The smallest absolute Gasteiger partial charge is 0.254 e. The van der Waals surface area contributed by atoms with Gasteiger partial charge in [0.15, 0.2) is 0 Å². The average molecular weight is 383 g/mol. The fourth-order valence-corrected chi connectivity index (χ4v) is 3.21. The van der Waals surface area contributed by atoms with Crippen LogP contribution >= 0.6 is 0 Å². The van der Waals surface area contributed by atoms with Gasteiger partial charge in [0.05, 0.1) is 5.56 Å². The molecule has 1 aliphatic rings. The summed E-state index contributed by atoms with van der Waals surface area (Å²) in [5, 5.41) is 9.97. The van der Waals surface area contributed by atoms with Crippen LogP contribution in [0.3, 0.4) is 0 Å². The van der Waals surface area contributed by atoms with Crippen LogP contribution in [-0.2, 0) is 4.79 Å². The molecule has 0 saturated carbocycles. The number of amides is 1. The van der Waals surface area contributed by atoms with Crippen LogP contribution in [0.5, 0.6) is 0 Å². The van der Waals surface area contributed by atoms with Crippen molar-refractivity contribution in [3.63, 3.8) is 0 Å². The molecule has 148 valence electrons. The number of nitrogen functional groups attached to an aromatic ring is 1. The summed E-state index contributed by atoms with van der Waals surface area (Å²) in [7, 11) is 0. The van der Waals surface area contributed by atoms with Crippen molar-refractivity contribution < 1.29 is 14.7 Å². The molecule has 1 saturated heterocycles. The van der Waals surface area contributed by atoms with Gasteiger partial charge >= 0.3 is 0 Å². The van der Waals surface area contributed by atoms with Crippen LogP contribution in [0.25, 0.3) is 0 Å². The van der Waals surface area contributed by atoms with Crippen molar-refractivity contribution in [3.8, 4) is 0 Å². The zero-order valence-corrected chi connectivity index (χ0v) is 16.1. The molecular formula is C20H25N5O3. The molecule has 1 aliphatic heterocycles. The van der Waals surface area contributed by atoms with E-state index in [4.69, 9.17) is 5.73 Å². The minimum atomic E-state index is -1.39. The maximum absolute atomic E-state index is 12.7. The summed E-state index contributed by atoms with van der Waals surface area (Å²) >= 11 is 0. The molecule has 8 nitrogen and oxygen atoms in total. The third-order valence-electron chi connectivity index (χ3n) is 4.68. The van der Waals surface area contributed by atoms with Crippen molar-refractivity contribution in [3.05, 3.63) is 47.8 Å². The second-order valence-electron chi connectivity index (χ2n) is 7.34. The van der Waals surface area contributed by atoms with Gasteiger partial charge < -0.3 is 20.6 Å². The molecule has 3 rings (SSSR count). The van der Waals surface area contributed by atoms with Gasteiger partial charge in [0, 0.05) is 32.4 Å². The summed E-state index contributed by atoms with van der Waals surface area (Å²) in [5.41, 5.74) is 5.05. The van der Waals surface area contributed by atoms with E-state index in [0.29, 0.717) is 43.3 Å². The summed E-state index contributed by atoms with van der Waals surface area (Å²) in [6.07, 6.45) is 2.28. The van der Waals surface area contributed by atoms with E-state index in [9.17, 15) is 14.7 Å². The lowest BCUT2D eigenvalue weighted by Crippen LogP contribution is -2.46. The number of carbonyl (C=O) groups excluding carboxylic acids is 2. The van der Waals surface area contributed by atoms with Crippen molar-refractivity contribution in [2.45, 2.75) is 25.9 Å². The van der Waals surface area contributed by atoms with Crippen LogP contribution in [0.4, 0.5) is 11.6 Å². The Hall–Kier alpha value is -3.00. The molecule has 3 N–H and O–H groups in total. The molecule has 0 radical (unpaired) electrons. The first-order valence-electron chi connectivity index (χ1n) is 9.26. The first kappa shape index (κ1) is 19.8. The maximum atomic E-state index is 12.7. The fraction of sp³-hybridized carbons (Fsp3) is 0.400. The van der Waals surface area contributed by atoms with Gasteiger partial charge in [-0.15, -0.1) is 0 Å². The first-order valence-corrected chi connectivity index (χ1v) is 9.26. The number of nitrogens with two attached hydrogens (primary N) is 1.